The lowest BCUT2D eigenvalue weighted by atomic mass is 10.1. The van der Waals surface area contributed by atoms with Crippen molar-refractivity contribution >= 4 is 32.2 Å². The van der Waals surface area contributed by atoms with Gasteiger partial charge in [0.2, 0.25) is 0 Å². The third-order valence-corrected chi connectivity index (χ3v) is 6.24. The lowest BCUT2D eigenvalue weighted by Gasteiger charge is -2.10. The van der Waals surface area contributed by atoms with Crippen LogP contribution in [-0.2, 0) is 28.6 Å². The summed E-state index contributed by atoms with van der Waals surface area (Å²) in [7, 11) is -8.90. The van der Waals surface area contributed by atoms with Gasteiger partial charge in [-0.1, -0.05) is 48.5 Å². The monoisotopic (exact) mass is 446 g/mol. The fraction of sp³-hybridized carbons (Fsp3) is 0. The summed E-state index contributed by atoms with van der Waals surface area (Å²) in [6.07, 6.45) is 0. The second kappa shape index (κ2) is 8.47. The highest BCUT2D eigenvalue weighted by Crippen LogP contribution is 2.19. The summed E-state index contributed by atoms with van der Waals surface area (Å²) in [6.45, 7) is 0. The first-order chi connectivity index (χ1) is 14.2. The predicted octanol–water partition coefficient (Wildman–Crippen LogP) is 2.78. The van der Waals surface area contributed by atoms with E-state index >= 15 is 0 Å². The molecule has 0 aromatic heterocycles. The maximum atomic E-state index is 12.4. The second-order valence-corrected chi connectivity index (χ2v) is 8.91. The average molecular weight is 446 g/mol. The molecule has 0 saturated carbocycles. The number of benzene rings is 3. The normalized spacial score (nSPS) is 11.5. The minimum atomic E-state index is -4.45. The summed E-state index contributed by atoms with van der Waals surface area (Å²) in [5.74, 6) is -2.72. The first-order valence-electron chi connectivity index (χ1n) is 8.37. The predicted molar refractivity (Wildman–Crippen MR) is 105 cm³/mol. The van der Waals surface area contributed by atoms with Crippen LogP contribution in [0, 0.1) is 0 Å². The van der Waals surface area contributed by atoms with E-state index in [4.69, 9.17) is 0 Å². The van der Waals surface area contributed by atoms with Crippen molar-refractivity contribution in [3.05, 3.63) is 96.1 Å². The third-order valence-electron chi connectivity index (χ3n) is 3.80. The van der Waals surface area contributed by atoms with Gasteiger partial charge in [-0.25, -0.2) is 9.59 Å². The van der Waals surface area contributed by atoms with Crippen LogP contribution >= 0.6 is 0 Å². The van der Waals surface area contributed by atoms with E-state index in [0.29, 0.717) is 0 Å². The van der Waals surface area contributed by atoms with Gasteiger partial charge in [0, 0.05) is 0 Å². The summed E-state index contributed by atoms with van der Waals surface area (Å²) in [5, 5.41) is 0. The van der Waals surface area contributed by atoms with Gasteiger partial charge in [0.1, 0.15) is 9.79 Å². The smallest absolute Gasteiger partial charge is 0.338 e. The SMILES string of the molecule is O=C(OS(=O)(=O)c1ccccc1)c1ccccc1C(=O)OS(=O)(=O)c1ccccc1. The minimum Gasteiger partial charge on any atom is -0.338 e. The molecule has 0 N–H and O–H groups in total. The first kappa shape index (κ1) is 21.2. The van der Waals surface area contributed by atoms with Crippen LogP contribution in [0.2, 0.25) is 0 Å². The van der Waals surface area contributed by atoms with E-state index in [0.717, 1.165) is 12.1 Å². The number of carbonyl (C=O) groups is 2. The quantitative estimate of drug-likeness (QED) is 0.530. The zero-order chi connectivity index (χ0) is 21.8. The van der Waals surface area contributed by atoms with Crippen LogP contribution in [0.3, 0.4) is 0 Å². The van der Waals surface area contributed by atoms with Gasteiger partial charge in [0.05, 0.1) is 11.1 Å². The molecule has 3 rings (SSSR count). The minimum absolute atomic E-state index is 0.259. The molecule has 0 heterocycles. The molecule has 0 bridgehead atoms. The molecule has 3 aromatic rings. The van der Waals surface area contributed by atoms with E-state index < -0.39 is 43.3 Å². The Bertz CT molecular complexity index is 1180. The number of carbonyl (C=O) groups excluding carboxylic acids is 2. The summed E-state index contributed by atoms with van der Waals surface area (Å²) in [5.41, 5.74) is -0.935. The molecule has 0 aliphatic carbocycles. The van der Waals surface area contributed by atoms with Gasteiger partial charge in [-0.3, -0.25) is 0 Å². The van der Waals surface area contributed by atoms with Gasteiger partial charge >= 0.3 is 32.2 Å². The van der Waals surface area contributed by atoms with Crippen molar-refractivity contribution in [3.63, 3.8) is 0 Å². The molecule has 0 atom stereocenters. The van der Waals surface area contributed by atoms with Crippen molar-refractivity contribution in [1.82, 2.24) is 0 Å². The van der Waals surface area contributed by atoms with Crippen molar-refractivity contribution in [2.45, 2.75) is 9.79 Å². The van der Waals surface area contributed by atoms with Crippen LogP contribution in [0.25, 0.3) is 0 Å². The van der Waals surface area contributed by atoms with Crippen molar-refractivity contribution < 1.29 is 34.8 Å². The zero-order valence-corrected chi connectivity index (χ0v) is 16.8. The molecule has 0 radical (unpaired) electrons. The second-order valence-electron chi connectivity index (χ2n) is 5.82. The summed E-state index contributed by atoms with van der Waals surface area (Å²) < 4.78 is 58.2. The standard InChI is InChI=1S/C20H14O8S2/c21-19(27-29(23,24)15-9-3-1-4-10-15)17-13-7-8-14-18(17)20(22)28-30(25,26)16-11-5-2-6-12-16/h1-14H. The molecule has 8 nitrogen and oxygen atoms in total. The zero-order valence-electron chi connectivity index (χ0n) is 15.2. The fourth-order valence-corrected chi connectivity index (χ4v) is 4.15. The van der Waals surface area contributed by atoms with E-state index in [1.165, 1.54) is 60.7 Å². The number of rotatable bonds is 6. The van der Waals surface area contributed by atoms with E-state index in [1.54, 1.807) is 12.1 Å². The summed E-state index contributed by atoms with van der Waals surface area (Å²) in [6, 6.07) is 18.8. The Hall–Kier alpha value is -3.50. The Labute approximate surface area is 172 Å². The molecule has 0 saturated heterocycles. The topological polar surface area (TPSA) is 121 Å². The van der Waals surface area contributed by atoms with Crippen LogP contribution in [0.5, 0.6) is 0 Å². The molecular formula is C20H14O8S2. The van der Waals surface area contributed by atoms with Crippen molar-refractivity contribution in [2.24, 2.45) is 0 Å². The Morgan fingerprint density at radius 2 is 0.800 bits per heavy atom. The van der Waals surface area contributed by atoms with Gasteiger partial charge in [-0.15, -0.1) is 0 Å². The van der Waals surface area contributed by atoms with Gasteiger partial charge in [0.25, 0.3) is 0 Å². The summed E-state index contributed by atoms with van der Waals surface area (Å²) >= 11 is 0. The molecule has 30 heavy (non-hydrogen) atoms. The molecule has 0 fully saturated rings. The highest BCUT2D eigenvalue weighted by molar-refractivity contribution is 7.87. The largest absolute Gasteiger partial charge is 0.354 e. The molecule has 10 heteroatoms. The lowest BCUT2D eigenvalue weighted by Crippen LogP contribution is -2.19. The van der Waals surface area contributed by atoms with Crippen molar-refractivity contribution in [3.8, 4) is 0 Å². The lowest BCUT2D eigenvalue weighted by molar-refractivity contribution is 0.0702. The number of hydrogen-bond donors (Lipinski definition) is 0. The Morgan fingerprint density at radius 3 is 1.13 bits per heavy atom. The molecule has 3 aromatic carbocycles. The Kier molecular flexibility index (Phi) is 5.99. The highest BCUT2D eigenvalue weighted by Gasteiger charge is 2.28. The van der Waals surface area contributed by atoms with E-state index in [1.807, 2.05) is 0 Å². The first-order valence-corrected chi connectivity index (χ1v) is 11.2. The Balaban J connectivity index is 1.87. The molecular weight excluding hydrogens is 432 g/mol. The molecule has 0 spiro atoms. The number of hydrogen-bond acceptors (Lipinski definition) is 8. The molecule has 0 aliphatic rings. The van der Waals surface area contributed by atoms with Gasteiger partial charge in [0.15, 0.2) is 0 Å². The maximum absolute atomic E-state index is 12.4. The van der Waals surface area contributed by atoms with E-state index in [-0.39, 0.29) is 9.79 Å². The van der Waals surface area contributed by atoms with Gasteiger partial charge in [-0.05, 0) is 36.4 Å². The van der Waals surface area contributed by atoms with Crippen LogP contribution in [0.1, 0.15) is 20.7 Å². The summed E-state index contributed by atoms with van der Waals surface area (Å²) in [4.78, 5) is 24.4. The average Bonchev–Trinajstić information content (AvgIpc) is 2.74. The van der Waals surface area contributed by atoms with E-state index in [9.17, 15) is 26.4 Å². The van der Waals surface area contributed by atoms with Crippen LogP contribution in [0.15, 0.2) is 94.7 Å². The molecule has 154 valence electrons. The van der Waals surface area contributed by atoms with Crippen molar-refractivity contribution in [2.75, 3.05) is 0 Å². The van der Waals surface area contributed by atoms with E-state index in [2.05, 4.69) is 8.37 Å². The molecule has 0 unspecified atom stereocenters. The van der Waals surface area contributed by atoms with Gasteiger partial charge < -0.3 is 8.37 Å². The van der Waals surface area contributed by atoms with Crippen LogP contribution < -0.4 is 0 Å². The van der Waals surface area contributed by atoms with Crippen LogP contribution in [-0.4, -0.2) is 28.8 Å². The third kappa shape index (κ3) is 4.73. The fourth-order valence-electron chi connectivity index (χ4n) is 2.40. The van der Waals surface area contributed by atoms with Crippen molar-refractivity contribution in [1.29, 1.82) is 0 Å². The highest BCUT2D eigenvalue weighted by atomic mass is 32.2. The van der Waals surface area contributed by atoms with Crippen LogP contribution in [0.4, 0.5) is 0 Å². The van der Waals surface area contributed by atoms with Gasteiger partial charge in [-0.2, -0.15) is 16.8 Å². The maximum Gasteiger partial charge on any atom is 0.354 e. The molecule has 0 amide bonds. The Morgan fingerprint density at radius 1 is 0.500 bits per heavy atom. The molecule has 0 aliphatic heterocycles.